The summed E-state index contributed by atoms with van der Waals surface area (Å²) in [6, 6.07) is 46.2. The van der Waals surface area contributed by atoms with Crippen LogP contribution < -0.4 is 0 Å². The molecule has 10 aromatic rings. The number of hydrogen-bond donors (Lipinski definition) is 0. The molecule has 0 unspecified atom stereocenters. The molecule has 0 saturated carbocycles. The van der Waals surface area contributed by atoms with Crippen LogP contribution in [0.15, 0.2) is 127 Å². The maximum absolute atomic E-state index is 5.08. The van der Waals surface area contributed by atoms with Gasteiger partial charge in [0.15, 0.2) is 0 Å². The van der Waals surface area contributed by atoms with Gasteiger partial charge >= 0.3 is 0 Å². The third-order valence-electron chi connectivity index (χ3n) is 8.51. The Hall–Kier alpha value is -4.97. The van der Waals surface area contributed by atoms with E-state index in [0.717, 1.165) is 28.0 Å². The topological polar surface area (TPSA) is 22.2 Å². The van der Waals surface area contributed by atoms with Crippen LogP contribution in [0.5, 0.6) is 0 Å². The summed E-state index contributed by atoms with van der Waals surface area (Å²) in [5.41, 5.74) is 7.98. The molecule has 0 amide bonds. The van der Waals surface area contributed by atoms with Crippen molar-refractivity contribution in [3.05, 3.63) is 127 Å². The molecule has 0 saturated heterocycles. The molecule has 5 aromatic heterocycles. The first-order valence-corrected chi connectivity index (χ1v) is 15.7. The Morgan fingerprint density at radius 1 is 0.524 bits per heavy atom. The smallest absolute Gasteiger partial charge is 0.0934 e. The fraction of sp³-hybridized carbons (Fsp3) is 0. The molecule has 0 spiro atoms. The largest absolute Gasteiger partial charge is 0.308 e. The van der Waals surface area contributed by atoms with Crippen LogP contribution >= 0.6 is 22.7 Å². The van der Waals surface area contributed by atoms with Gasteiger partial charge in [-0.25, -0.2) is 4.52 Å². The molecule has 10 rings (SSSR count). The maximum atomic E-state index is 5.08. The monoisotopic (exact) mass is 571 g/mol. The second-order valence-electron chi connectivity index (χ2n) is 10.9. The zero-order chi connectivity index (χ0) is 27.4. The summed E-state index contributed by atoms with van der Waals surface area (Å²) >= 11 is 3.78. The lowest BCUT2D eigenvalue weighted by atomic mass is 10.1. The van der Waals surface area contributed by atoms with Gasteiger partial charge in [-0.1, -0.05) is 72.8 Å². The van der Waals surface area contributed by atoms with E-state index in [0.29, 0.717) is 0 Å². The molecule has 0 aliphatic carbocycles. The van der Waals surface area contributed by atoms with Crippen LogP contribution in [0.2, 0.25) is 0 Å². The van der Waals surface area contributed by atoms with Gasteiger partial charge in [-0.2, -0.15) is 5.10 Å². The van der Waals surface area contributed by atoms with Crippen LogP contribution in [-0.2, 0) is 0 Å². The van der Waals surface area contributed by atoms with E-state index in [1.807, 2.05) is 22.7 Å². The fourth-order valence-electron chi connectivity index (χ4n) is 6.60. The lowest BCUT2D eigenvalue weighted by Crippen LogP contribution is -1.95. The number of para-hydroxylation sites is 1. The normalized spacial score (nSPS) is 12.3. The van der Waals surface area contributed by atoms with Crippen molar-refractivity contribution in [2.45, 2.75) is 0 Å². The summed E-state index contributed by atoms with van der Waals surface area (Å²) in [6.45, 7) is 0. The summed E-state index contributed by atoms with van der Waals surface area (Å²) < 4.78 is 9.87. The van der Waals surface area contributed by atoms with E-state index in [1.165, 1.54) is 56.8 Å². The zero-order valence-corrected chi connectivity index (χ0v) is 23.9. The number of pyridine rings is 1. The number of fused-ring (bicyclic) bond motifs is 11. The molecule has 0 N–H and O–H groups in total. The van der Waals surface area contributed by atoms with E-state index < -0.39 is 0 Å². The third kappa shape index (κ3) is 3.07. The average molecular weight is 572 g/mol. The summed E-state index contributed by atoms with van der Waals surface area (Å²) in [5, 5.41) is 11.5. The standard InChI is InChI=1S/C37H21N3S2/c1-4-13-31-22(8-1)16-17-25-19-30(38-40(25)31)23-9-7-10-24(18-23)39-32-20-28-26-11-2-5-14-33(26)41-35(28)21-29(32)37-36(39)27-12-3-6-15-34(27)42-37/h1-21H. The van der Waals surface area contributed by atoms with Crippen LogP contribution in [0.4, 0.5) is 0 Å². The molecule has 5 heterocycles. The molecule has 5 heteroatoms. The number of benzene rings is 5. The molecule has 0 radical (unpaired) electrons. The highest BCUT2D eigenvalue weighted by Crippen LogP contribution is 2.45. The second kappa shape index (κ2) is 8.29. The predicted octanol–water partition coefficient (Wildman–Crippen LogP) is 10.8. The Balaban J connectivity index is 1.27. The quantitative estimate of drug-likeness (QED) is 0.202. The Kier molecular flexibility index (Phi) is 4.48. The van der Waals surface area contributed by atoms with Crippen LogP contribution in [0, 0.1) is 0 Å². The van der Waals surface area contributed by atoms with Gasteiger partial charge in [0, 0.05) is 52.3 Å². The van der Waals surface area contributed by atoms with Gasteiger partial charge in [0.05, 0.1) is 32.5 Å². The first-order valence-electron chi connectivity index (χ1n) is 14.1. The highest BCUT2D eigenvalue weighted by atomic mass is 32.1. The molecule has 0 atom stereocenters. The Labute approximate surface area is 248 Å². The van der Waals surface area contributed by atoms with Gasteiger partial charge < -0.3 is 4.57 Å². The first-order chi connectivity index (χ1) is 20.8. The van der Waals surface area contributed by atoms with Crippen molar-refractivity contribution in [3.8, 4) is 16.9 Å². The number of thiophene rings is 2. The van der Waals surface area contributed by atoms with Gasteiger partial charge in [-0.05, 0) is 54.6 Å². The highest BCUT2D eigenvalue weighted by molar-refractivity contribution is 7.27. The minimum Gasteiger partial charge on any atom is -0.308 e. The van der Waals surface area contributed by atoms with E-state index in [4.69, 9.17) is 5.10 Å². The molecular formula is C37H21N3S2. The van der Waals surface area contributed by atoms with Crippen molar-refractivity contribution in [2.24, 2.45) is 0 Å². The number of aromatic nitrogens is 3. The summed E-state index contributed by atoms with van der Waals surface area (Å²) in [6.07, 6.45) is 0. The van der Waals surface area contributed by atoms with Crippen molar-refractivity contribution >= 4 is 90.5 Å². The highest BCUT2D eigenvalue weighted by Gasteiger charge is 2.20. The SMILES string of the molecule is c1cc(-c2cc3ccc4ccccc4n3n2)cc(-n2c3cc4c(cc3c3sc5ccccc5c32)sc2ccccc24)c1. The molecule has 0 bridgehead atoms. The molecule has 42 heavy (non-hydrogen) atoms. The van der Waals surface area contributed by atoms with E-state index in [9.17, 15) is 0 Å². The predicted molar refractivity (Wildman–Crippen MR) is 181 cm³/mol. The van der Waals surface area contributed by atoms with Crippen LogP contribution in [0.25, 0.3) is 84.7 Å². The minimum absolute atomic E-state index is 0.974. The van der Waals surface area contributed by atoms with Crippen molar-refractivity contribution in [1.29, 1.82) is 0 Å². The van der Waals surface area contributed by atoms with Gasteiger partial charge in [-0.15, -0.1) is 22.7 Å². The van der Waals surface area contributed by atoms with Crippen molar-refractivity contribution < 1.29 is 0 Å². The first kappa shape index (κ1) is 22.7. The van der Waals surface area contributed by atoms with Crippen LogP contribution in [-0.4, -0.2) is 14.2 Å². The van der Waals surface area contributed by atoms with Gasteiger partial charge in [0.25, 0.3) is 0 Å². The Bertz CT molecular complexity index is 2700. The number of hydrogen-bond acceptors (Lipinski definition) is 3. The molecule has 0 aliphatic heterocycles. The lowest BCUT2D eigenvalue weighted by Gasteiger charge is -2.10. The maximum Gasteiger partial charge on any atom is 0.0934 e. The van der Waals surface area contributed by atoms with E-state index in [1.54, 1.807) is 0 Å². The summed E-state index contributed by atoms with van der Waals surface area (Å²) in [7, 11) is 0. The van der Waals surface area contributed by atoms with E-state index >= 15 is 0 Å². The van der Waals surface area contributed by atoms with E-state index in [2.05, 4.69) is 136 Å². The summed E-state index contributed by atoms with van der Waals surface area (Å²) in [4.78, 5) is 0. The summed E-state index contributed by atoms with van der Waals surface area (Å²) in [5.74, 6) is 0. The van der Waals surface area contributed by atoms with Crippen LogP contribution in [0.3, 0.4) is 0 Å². The van der Waals surface area contributed by atoms with E-state index in [-0.39, 0.29) is 0 Å². The number of nitrogens with zero attached hydrogens (tertiary/aromatic N) is 3. The van der Waals surface area contributed by atoms with Crippen molar-refractivity contribution in [1.82, 2.24) is 14.2 Å². The van der Waals surface area contributed by atoms with Gasteiger partial charge in [-0.3, -0.25) is 0 Å². The minimum atomic E-state index is 0.974. The van der Waals surface area contributed by atoms with Crippen molar-refractivity contribution in [3.63, 3.8) is 0 Å². The van der Waals surface area contributed by atoms with Gasteiger partial charge in [0.2, 0.25) is 0 Å². The molecule has 0 fully saturated rings. The molecule has 0 aliphatic rings. The molecule has 3 nitrogen and oxygen atoms in total. The molecule has 5 aromatic carbocycles. The average Bonchev–Trinajstić information content (AvgIpc) is 3.80. The Morgan fingerprint density at radius 3 is 2.26 bits per heavy atom. The second-order valence-corrected chi connectivity index (χ2v) is 13.0. The lowest BCUT2D eigenvalue weighted by molar-refractivity contribution is 1.01. The Morgan fingerprint density at radius 2 is 1.33 bits per heavy atom. The third-order valence-corrected chi connectivity index (χ3v) is 10.8. The van der Waals surface area contributed by atoms with Crippen molar-refractivity contribution in [2.75, 3.05) is 0 Å². The number of rotatable bonds is 2. The zero-order valence-electron chi connectivity index (χ0n) is 22.3. The fourth-order valence-corrected chi connectivity index (χ4v) is 8.94. The van der Waals surface area contributed by atoms with Crippen LogP contribution in [0.1, 0.15) is 0 Å². The molecular weight excluding hydrogens is 551 g/mol. The molecule has 196 valence electrons. The van der Waals surface area contributed by atoms with Gasteiger partial charge in [0.1, 0.15) is 0 Å².